The molecule has 38 heavy (non-hydrogen) atoms. The van der Waals surface area contributed by atoms with Gasteiger partial charge in [0, 0.05) is 22.7 Å². The zero-order chi connectivity index (χ0) is 26.3. The highest BCUT2D eigenvalue weighted by Crippen LogP contribution is 2.40. The highest BCUT2D eigenvalue weighted by Gasteiger charge is 2.25. The van der Waals surface area contributed by atoms with Gasteiger partial charge in [-0.1, -0.05) is 54.1 Å². The second kappa shape index (κ2) is 12.3. The molecule has 1 aliphatic carbocycles. The first-order valence-electron chi connectivity index (χ1n) is 12.7. The lowest BCUT2D eigenvalue weighted by Gasteiger charge is -2.13. The molecule has 0 aliphatic heterocycles. The summed E-state index contributed by atoms with van der Waals surface area (Å²) < 4.78 is 11.6. The third-order valence-electron chi connectivity index (χ3n) is 6.50. The minimum absolute atomic E-state index is 0.0658. The number of hydrogen-bond donors (Lipinski definition) is 1. The van der Waals surface area contributed by atoms with Crippen LogP contribution in [0.5, 0.6) is 11.5 Å². The van der Waals surface area contributed by atoms with Crippen LogP contribution in [0.1, 0.15) is 50.3 Å². The fraction of sp³-hybridized carbons (Fsp3) is 0.226. The van der Waals surface area contributed by atoms with Gasteiger partial charge in [0.05, 0.1) is 12.7 Å². The predicted octanol–water partition coefficient (Wildman–Crippen LogP) is 7.55. The Morgan fingerprint density at radius 1 is 1.00 bits per heavy atom. The molecule has 1 aliphatic rings. The Balaban J connectivity index is 1.34. The lowest BCUT2D eigenvalue weighted by molar-refractivity contribution is 0.0951. The Bertz CT molecular complexity index is 1430. The maximum Gasteiger partial charge on any atom is 0.254 e. The number of halogens is 1. The number of nitrogens with zero attached hydrogens (tertiary/aromatic N) is 1. The molecule has 0 bridgehead atoms. The monoisotopic (exact) mass is 544 g/mol. The van der Waals surface area contributed by atoms with Crippen LogP contribution < -0.4 is 14.8 Å². The Labute approximate surface area is 232 Å². The standard InChI is InChI=1S/C31H29ClN2O3S/c1-36-27-17-23(13-16-26(27)37-20-22-11-14-24(32)15-12-22)19-34-31-29(25-9-5-6-10-28(25)38-31)30(35)33-18-21-7-3-2-4-8-21/h2-4,7-8,11-17,19H,5-6,9-10,18,20H2,1H3,(H,33,35)/b34-19-. The van der Waals surface area contributed by atoms with Gasteiger partial charge in [-0.05, 0) is 78.3 Å². The number of carbonyl (C=O) groups is 1. The van der Waals surface area contributed by atoms with Crippen molar-refractivity contribution in [2.45, 2.75) is 38.8 Å². The zero-order valence-electron chi connectivity index (χ0n) is 21.2. The van der Waals surface area contributed by atoms with E-state index in [9.17, 15) is 4.79 Å². The summed E-state index contributed by atoms with van der Waals surface area (Å²) in [5.74, 6) is 1.20. The van der Waals surface area contributed by atoms with Crippen LogP contribution in [0.15, 0.2) is 77.8 Å². The number of methoxy groups -OCH3 is 1. The summed E-state index contributed by atoms with van der Waals surface area (Å²) in [6, 6.07) is 23.2. The zero-order valence-corrected chi connectivity index (χ0v) is 22.8. The maximum atomic E-state index is 13.3. The minimum Gasteiger partial charge on any atom is -0.493 e. The van der Waals surface area contributed by atoms with E-state index in [1.807, 2.05) is 72.8 Å². The van der Waals surface area contributed by atoms with Crippen molar-refractivity contribution in [3.63, 3.8) is 0 Å². The Kier molecular flexibility index (Phi) is 8.41. The number of thiophene rings is 1. The molecule has 7 heteroatoms. The second-order valence-electron chi connectivity index (χ2n) is 9.14. The third kappa shape index (κ3) is 6.26. The van der Waals surface area contributed by atoms with Crippen molar-refractivity contribution >= 4 is 40.1 Å². The molecule has 0 saturated carbocycles. The number of hydrogen-bond acceptors (Lipinski definition) is 5. The van der Waals surface area contributed by atoms with E-state index in [0.717, 1.165) is 52.9 Å². The van der Waals surface area contributed by atoms with Crippen molar-refractivity contribution in [3.05, 3.63) is 111 Å². The summed E-state index contributed by atoms with van der Waals surface area (Å²) in [6.45, 7) is 0.894. The van der Waals surface area contributed by atoms with Crippen molar-refractivity contribution in [2.75, 3.05) is 7.11 Å². The molecule has 1 heterocycles. The molecule has 0 radical (unpaired) electrons. The molecule has 1 amide bonds. The summed E-state index contributed by atoms with van der Waals surface area (Å²) >= 11 is 7.60. The van der Waals surface area contributed by atoms with Crippen LogP contribution in [0, 0.1) is 0 Å². The number of benzene rings is 3. The average Bonchev–Trinajstić information content (AvgIpc) is 3.34. The van der Waals surface area contributed by atoms with E-state index in [2.05, 4.69) is 5.32 Å². The SMILES string of the molecule is COc1cc(/C=N\c2sc3c(c2C(=O)NCc2ccccc2)CCCC3)ccc1OCc1ccc(Cl)cc1. The minimum atomic E-state index is -0.0658. The molecule has 3 aromatic carbocycles. The van der Waals surface area contributed by atoms with Crippen LogP contribution in [0.4, 0.5) is 5.00 Å². The molecular formula is C31H29ClN2O3S. The van der Waals surface area contributed by atoms with E-state index in [-0.39, 0.29) is 5.91 Å². The molecule has 0 saturated heterocycles. The van der Waals surface area contributed by atoms with Gasteiger partial charge >= 0.3 is 0 Å². The van der Waals surface area contributed by atoms with E-state index >= 15 is 0 Å². The van der Waals surface area contributed by atoms with Gasteiger partial charge in [-0.3, -0.25) is 4.79 Å². The van der Waals surface area contributed by atoms with Gasteiger partial charge in [-0.25, -0.2) is 4.99 Å². The van der Waals surface area contributed by atoms with E-state index in [0.29, 0.717) is 35.2 Å². The molecule has 0 fully saturated rings. The number of amides is 1. The van der Waals surface area contributed by atoms with Crippen LogP contribution >= 0.6 is 22.9 Å². The topological polar surface area (TPSA) is 59.9 Å². The van der Waals surface area contributed by atoms with Crippen LogP contribution in [0.2, 0.25) is 5.02 Å². The number of fused-ring (bicyclic) bond motifs is 1. The van der Waals surface area contributed by atoms with Gasteiger partial charge < -0.3 is 14.8 Å². The van der Waals surface area contributed by atoms with Crippen molar-refractivity contribution < 1.29 is 14.3 Å². The van der Waals surface area contributed by atoms with E-state index in [4.69, 9.17) is 26.1 Å². The first-order chi connectivity index (χ1) is 18.6. The van der Waals surface area contributed by atoms with Crippen LogP contribution in [0.3, 0.4) is 0 Å². The van der Waals surface area contributed by atoms with Gasteiger partial charge in [-0.2, -0.15) is 0 Å². The van der Waals surface area contributed by atoms with Gasteiger partial charge in [-0.15, -0.1) is 11.3 Å². The molecule has 0 atom stereocenters. The third-order valence-corrected chi connectivity index (χ3v) is 7.95. The van der Waals surface area contributed by atoms with E-state index in [1.54, 1.807) is 24.7 Å². The predicted molar refractivity (Wildman–Crippen MR) is 155 cm³/mol. The molecule has 4 aromatic rings. The van der Waals surface area contributed by atoms with Gasteiger partial charge in [0.1, 0.15) is 11.6 Å². The van der Waals surface area contributed by atoms with Crippen LogP contribution in [-0.4, -0.2) is 19.2 Å². The number of carbonyl (C=O) groups excluding carboxylic acids is 1. The van der Waals surface area contributed by atoms with Gasteiger partial charge in [0.15, 0.2) is 11.5 Å². The van der Waals surface area contributed by atoms with Crippen molar-refractivity contribution in [1.29, 1.82) is 0 Å². The van der Waals surface area contributed by atoms with E-state index in [1.165, 1.54) is 4.88 Å². The number of rotatable bonds is 9. The van der Waals surface area contributed by atoms with E-state index < -0.39 is 0 Å². The molecule has 5 nitrogen and oxygen atoms in total. The molecular weight excluding hydrogens is 516 g/mol. The molecule has 5 rings (SSSR count). The largest absolute Gasteiger partial charge is 0.493 e. The highest BCUT2D eigenvalue weighted by atomic mass is 35.5. The maximum absolute atomic E-state index is 13.3. The summed E-state index contributed by atoms with van der Waals surface area (Å²) in [4.78, 5) is 19.4. The summed E-state index contributed by atoms with van der Waals surface area (Å²) in [6.07, 6.45) is 5.96. The quantitative estimate of drug-likeness (QED) is 0.221. The van der Waals surface area contributed by atoms with Gasteiger partial charge in [0.2, 0.25) is 0 Å². The van der Waals surface area contributed by atoms with Gasteiger partial charge in [0.25, 0.3) is 5.91 Å². The lowest BCUT2D eigenvalue weighted by atomic mass is 9.95. The molecule has 1 N–H and O–H groups in total. The normalized spacial score (nSPS) is 12.8. The summed E-state index contributed by atoms with van der Waals surface area (Å²) in [5.41, 5.74) is 4.82. The molecule has 194 valence electrons. The number of ether oxygens (including phenoxy) is 2. The second-order valence-corrected chi connectivity index (χ2v) is 10.7. The summed E-state index contributed by atoms with van der Waals surface area (Å²) in [7, 11) is 1.62. The Morgan fingerprint density at radius 2 is 1.79 bits per heavy atom. The van der Waals surface area contributed by atoms with Crippen molar-refractivity contribution in [1.82, 2.24) is 5.32 Å². The summed E-state index contributed by atoms with van der Waals surface area (Å²) in [5, 5.41) is 4.54. The number of nitrogens with one attached hydrogen (secondary N) is 1. The highest BCUT2D eigenvalue weighted by molar-refractivity contribution is 7.16. The molecule has 0 spiro atoms. The van der Waals surface area contributed by atoms with Crippen LogP contribution in [0.25, 0.3) is 0 Å². The smallest absolute Gasteiger partial charge is 0.254 e. The first kappa shape index (κ1) is 26.0. The average molecular weight is 545 g/mol. The first-order valence-corrected chi connectivity index (χ1v) is 13.9. The number of aryl methyl sites for hydroxylation is 1. The Morgan fingerprint density at radius 3 is 2.58 bits per heavy atom. The fourth-order valence-electron chi connectivity index (χ4n) is 4.50. The van der Waals surface area contributed by atoms with Crippen molar-refractivity contribution in [3.8, 4) is 11.5 Å². The lowest BCUT2D eigenvalue weighted by Crippen LogP contribution is -2.24. The van der Waals surface area contributed by atoms with Crippen molar-refractivity contribution in [2.24, 2.45) is 4.99 Å². The molecule has 1 aromatic heterocycles. The fourth-order valence-corrected chi connectivity index (χ4v) is 5.86. The molecule has 0 unspecified atom stereocenters. The van der Waals surface area contributed by atoms with Crippen LogP contribution in [-0.2, 0) is 26.0 Å². The Hall–Kier alpha value is -3.61. The number of aliphatic imine (C=N–C) groups is 1.